The summed E-state index contributed by atoms with van der Waals surface area (Å²) < 4.78 is 0. The first-order valence-corrected chi connectivity index (χ1v) is 5.76. The molecule has 1 unspecified atom stereocenters. The Bertz CT molecular complexity index is 313. The van der Waals surface area contributed by atoms with Gasteiger partial charge in [-0.05, 0) is 37.4 Å². The van der Waals surface area contributed by atoms with E-state index in [-0.39, 0.29) is 6.04 Å². The Hall–Kier alpha value is -1.14. The maximum absolute atomic E-state index is 8.50. The first-order chi connectivity index (χ1) is 6.76. The van der Waals surface area contributed by atoms with E-state index in [9.17, 15) is 0 Å². The van der Waals surface area contributed by atoms with Crippen molar-refractivity contribution in [3.05, 3.63) is 24.3 Å². The topological polar surface area (TPSA) is 35.8 Å². The highest BCUT2D eigenvalue weighted by molar-refractivity contribution is 7.98. The van der Waals surface area contributed by atoms with Crippen molar-refractivity contribution in [1.82, 2.24) is 0 Å². The summed E-state index contributed by atoms with van der Waals surface area (Å²) in [5, 5.41) is 11.8. The van der Waals surface area contributed by atoms with E-state index in [0.29, 0.717) is 6.42 Å². The van der Waals surface area contributed by atoms with E-state index in [1.54, 1.807) is 11.8 Å². The molecular weight excluding hydrogens is 192 g/mol. The molecule has 0 saturated carbocycles. The normalized spacial score (nSPS) is 11.8. The third kappa shape index (κ3) is 3.31. The predicted molar refractivity (Wildman–Crippen MR) is 61.5 cm³/mol. The highest BCUT2D eigenvalue weighted by Crippen LogP contribution is 2.18. The molecule has 0 bridgehead atoms. The van der Waals surface area contributed by atoms with Crippen molar-refractivity contribution >= 4 is 17.4 Å². The molecule has 0 aliphatic heterocycles. The number of anilines is 1. The summed E-state index contributed by atoms with van der Waals surface area (Å²) >= 11 is 1.73. The van der Waals surface area contributed by atoms with Crippen molar-refractivity contribution in [1.29, 1.82) is 5.26 Å². The average molecular weight is 206 g/mol. The quantitative estimate of drug-likeness (QED) is 0.769. The third-order valence-corrected chi connectivity index (χ3v) is 2.64. The van der Waals surface area contributed by atoms with E-state index in [0.717, 1.165) is 5.69 Å². The van der Waals surface area contributed by atoms with Gasteiger partial charge in [0.1, 0.15) is 0 Å². The van der Waals surface area contributed by atoms with E-state index in [1.165, 1.54) is 4.90 Å². The molecule has 0 saturated heterocycles. The molecule has 0 amide bonds. The summed E-state index contributed by atoms with van der Waals surface area (Å²) in [5.41, 5.74) is 1.07. The van der Waals surface area contributed by atoms with Gasteiger partial charge in [-0.2, -0.15) is 5.26 Å². The lowest BCUT2D eigenvalue weighted by atomic mass is 10.2. The monoisotopic (exact) mass is 206 g/mol. The number of nitrogens with one attached hydrogen (secondary N) is 1. The molecule has 1 aromatic carbocycles. The van der Waals surface area contributed by atoms with Crippen LogP contribution in [0.15, 0.2) is 29.2 Å². The largest absolute Gasteiger partial charge is 0.382 e. The molecule has 2 nitrogen and oxygen atoms in total. The van der Waals surface area contributed by atoms with Gasteiger partial charge in [0, 0.05) is 16.6 Å². The van der Waals surface area contributed by atoms with Crippen molar-refractivity contribution < 1.29 is 0 Å². The Kier molecular flexibility index (Phi) is 4.34. The fourth-order valence-corrected chi connectivity index (χ4v) is 1.57. The van der Waals surface area contributed by atoms with Gasteiger partial charge in [0.15, 0.2) is 0 Å². The highest BCUT2D eigenvalue weighted by atomic mass is 32.2. The Morgan fingerprint density at radius 2 is 2.07 bits per heavy atom. The zero-order valence-corrected chi connectivity index (χ0v) is 9.27. The van der Waals surface area contributed by atoms with Crippen molar-refractivity contribution in [3.8, 4) is 6.07 Å². The number of thioether (sulfide) groups is 1. The van der Waals surface area contributed by atoms with Crippen LogP contribution in [0.4, 0.5) is 5.69 Å². The van der Waals surface area contributed by atoms with Gasteiger partial charge in [0.05, 0.1) is 12.5 Å². The van der Waals surface area contributed by atoms with Crippen LogP contribution >= 0.6 is 11.8 Å². The van der Waals surface area contributed by atoms with Crippen molar-refractivity contribution in [2.45, 2.75) is 24.3 Å². The number of hydrogen-bond acceptors (Lipinski definition) is 3. The fraction of sp³-hybridized carbons (Fsp3) is 0.364. The molecule has 3 heteroatoms. The second-order valence-electron chi connectivity index (χ2n) is 3.14. The lowest BCUT2D eigenvalue weighted by Gasteiger charge is -2.11. The minimum Gasteiger partial charge on any atom is -0.382 e. The molecule has 1 atom stereocenters. The fourth-order valence-electron chi connectivity index (χ4n) is 1.16. The molecule has 0 spiro atoms. The van der Waals surface area contributed by atoms with Crippen LogP contribution in [-0.2, 0) is 0 Å². The van der Waals surface area contributed by atoms with Crippen LogP contribution in [0.2, 0.25) is 0 Å². The smallest absolute Gasteiger partial charge is 0.0643 e. The van der Waals surface area contributed by atoms with Crippen LogP contribution < -0.4 is 5.32 Å². The van der Waals surface area contributed by atoms with Crippen LogP contribution in [0.5, 0.6) is 0 Å². The molecule has 0 heterocycles. The molecule has 0 aromatic heterocycles. The van der Waals surface area contributed by atoms with Gasteiger partial charge in [-0.3, -0.25) is 0 Å². The third-order valence-electron chi connectivity index (χ3n) is 1.90. The van der Waals surface area contributed by atoms with Gasteiger partial charge >= 0.3 is 0 Å². The second-order valence-corrected chi connectivity index (χ2v) is 4.02. The molecule has 1 N–H and O–H groups in total. The van der Waals surface area contributed by atoms with Gasteiger partial charge in [-0.25, -0.2) is 0 Å². The molecule has 0 aliphatic carbocycles. The number of nitrogens with zero attached hydrogens (tertiary/aromatic N) is 1. The molecule has 1 aromatic rings. The summed E-state index contributed by atoms with van der Waals surface area (Å²) in [6, 6.07) is 10.6. The Balaban J connectivity index is 2.56. The summed E-state index contributed by atoms with van der Waals surface area (Å²) in [5.74, 6) is 0. The summed E-state index contributed by atoms with van der Waals surface area (Å²) in [6.45, 7) is 2.01. The number of rotatable bonds is 4. The number of hydrogen-bond donors (Lipinski definition) is 1. The van der Waals surface area contributed by atoms with Crippen LogP contribution in [0.25, 0.3) is 0 Å². The van der Waals surface area contributed by atoms with Crippen molar-refractivity contribution in [2.75, 3.05) is 11.6 Å². The molecule has 74 valence electrons. The maximum Gasteiger partial charge on any atom is 0.0643 e. The van der Waals surface area contributed by atoms with Crippen LogP contribution in [0.3, 0.4) is 0 Å². The Labute approximate surface area is 89.3 Å². The lowest BCUT2D eigenvalue weighted by Crippen LogP contribution is -2.13. The molecule has 0 aliphatic rings. The van der Waals surface area contributed by atoms with Crippen LogP contribution in [0, 0.1) is 11.3 Å². The molecule has 0 radical (unpaired) electrons. The summed E-state index contributed by atoms with van der Waals surface area (Å²) in [7, 11) is 0. The maximum atomic E-state index is 8.50. The van der Waals surface area contributed by atoms with Crippen LogP contribution in [-0.4, -0.2) is 12.3 Å². The Morgan fingerprint density at radius 1 is 1.43 bits per heavy atom. The minimum absolute atomic E-state index is 0.208. The van der Waals surface area contributed by atoms with E-state index in [4.69, 9.17) is 5.26 Å². The van der Waals surface area contributed by atoms with E-state index < -0.39 is 0 Å². The number of nitriles is 1. The SMILES string of the molecule is CSc1ccc(NC(C)CC#N)cc1. The summed E-state index contributed by atoms with van der Waals surface area (Å²) in [4.78, 5) is 1.25. The minimum atomic E-state index is 0.208. The lowest BCUT2D eigenvalue weighted by molar-refractivity contribution is 0.821. The van der Waals surface area contributed by atoms with Gasteiger partial charge in [0.25, 0.3) is 0 Å². The molecule has 0 fully saturated rings. The zero-order chi connectivity index (χ0) is 10.4. The van der Waals surface area contributed by atoms with Crippen molar-refractivity contribution in [2.24, 2.45) is 0 Å². The summed E-state index contributed by atoms with van der Waals surface area (Å²) in [6.07, 6.45) is 2.59. The first kappa shape index (κ1) is 10.9. The van der Waals surface area contributed by atoms with Gasteiger partial charge in [-0.1, -0.05) is 0 Å². The Morgan fingerprint density at radius 3 is 2.57 bits per heavy atom. The standard InChI is InChI=1S/C11H14N2S/c1-9(7-8-12)13-10-3-5-11(14-2)6-4-10/h3-6,9,13H,7H2,1-2H3. The average Bonchev–Trinajstić information content (AvgIpc) is 2.19. The molecule has 14 heavy (non-hydrogen) atoms. The van der Waals surface area contributed by atoms with Gasteiger partial charge in [-0.15, -0.1) is 11.8 Å². The molecule has 1 rings (SSSR count). The van der Waals surface area contributed by atoms with E-state index in [1.807, 2.05) is 19.1 Å². The van der Waals surface area contributed by atoms with Gasteiger partial charge in [0.2, 0.25) is 0 Å². The number of benzene rings is 1. The van der Waals surface area contributed by atoms with Crippen molar-refractivity contribution in [3.63, 3.8) is 0 Å². The molecular formula is C11H14N2S. The van der Waals surface area contributed by atoms with E-state index >= 15 is 0 Å². The van der Waals surface area contributed by atoms with E-state index in [2.05, 4.69) is 29.8 Å². The second kappa shape index (κ2) is 5.56. The first-order valence-electron chi connectivity index (χ1n) is 4.54. The zero-order valence-electron chi connectivity index (χ0n) is 8.45. The van der Waals surface area contributed by atoms with Gasteiger partial charge < -0.3 is 5.32 Å². The predicted octanol–water partition coefficient (Wildman–Crippen LogP) is 3.12. The van der Waals surface area contributed by atoms with Crippen LogP contribution in [0.1, 0.15) is 13.3 Å². The highest BCUT2D eigenvalue weighted by Gasteiger charge is 2.00.